The van der Waals surface area contributed by atoms with Gasteiger partial charge in [-0.05, 0) is 89.6 Å². The zero-order valence-corrected chi connectivity index (χ0v) is 36.8. The van der Waals surface area contributed by atoms with Crippen LogP contribution in [-0.4, -0.2) is 145 Å². The van der Waals surface area contributed by atoms with Crippen molar-refractivity contribution in [2.45, 2.75) is 144 Å². The van der Waals surface area contributed by atoms with Gasteiger partial charge in [-0.1, -0.05) is 0 Å². The second-order valence-electron chi connectivity index (χ2n) is 15.1. The predicted molar refractivity (Wildman–Crippen MR) is 209 cm³/mol. The molecule has 327 valence electrons. The maximum Gasteiger partial charge on any atom is 1.00 e. The van der Waals surface area contributed by atoms with E-state index in [1.807, 2.05) is 0 Å². The smallest absolute Gasteiger partial charge is 1.00 e. The molecule has 0 saturated heterocycles. The summed E-state index contributed by atoms with van der Waals surface area (Å²) in [5.41, 5.74) is 2.36. The minimum absolute atomic E-state index is 0. The number of hydrogen-bond acceptors (Lipinski definition) is 17. The number of amides is 4. The Hall–Kier alpha value is -3.20. The van der Waals surface area contributed by atoms with Crippen molar-refractivity contribution in [2.75, 3.05) is 54.6 Å². The zero-order chi connectivity index (χ0) is 44.8. The molecule has 1 radical (unpaired) electrons. The van der Waals surface area contributed by atoms with Crippen LogP contribution in [-0.2, 0) is 57.1 Å². The maximum atomic E-state index is 12.2. The normalized spacial score (nSPS) is 11.2. The molecule has 0 aromatic rings. The van der Waals surface area contributed by atoms with Gasteiger partial charge in [0.05, 0.1) is 0 Å². The molecule has 0 aliphatic rings. The molecule has 4 amide bonds. The van der Waals surface area contributed by atoms with Gasteiger partial charge in [-0.2, -0.15) is 0 Å². The summed E-state index contributed by atoms with van der Waals surface area (Å²) in [7, 11) is 8.14. The minimum Gasteiger partial charge on any atom is 1.00 e. The van der Waals surface area contributed by atoms with Crippen molar-refractivity contribution in [1.29, 1.82) is 0 Å². The molecule has 0 heterocycles. The Labute approximate surface area is 337 Å². The standard InChI is InChI=1S/C15H29NO6.C13H23NO5.C5H13NO2.C2H5B2O3/c1-14(2,3)21-12(17)16(10-9-11(19-7)20-8)13(18)22-15(4,5)6;1-12(2,3)18-10(16)14(8-7-9-15)11(17)19-13(4,5)6;1-7-5(8-2)3-4-6;1-3-7-6-2-4-5/h11H,9-10H2,1-8H3;9H,7-8H2,1-6H3;5H,3-4,6H2,1-2H3;2H2,1H3/p+1. The van der Waals surface area contributed by atoms with Crippen LogP contribution in [0.4, 0.5) is 19.2 Å². The van der Waals surface area contributed by atoms with Crippen molar-refractivity contribution in [3.05, 3.63) is 0 Å². The summed E-state index contributed by atoms with van der Waals surface area (Å²) in [6.45, 7) is 22.8. The van der Waals surface area contributed by atoms with E-state index in [1.165, 1.54) is 21.7 Å². The third kappa shape index (κ3) is 39.1. The molecular weight excluding hydrogens is 740 g/mol. The first-order valence-corrected chi connectivity index (χ1v) is 17.8. The van der Waals surface area contributed by atoms with Crippen molar-refractivity contribution >= 4 is 45.3 Å². The number of nitrogens with zero attached hydrogens (tertiary/aromatic N) is 2. The van der Waals surface area contributed by atoms with E-state index >= 15 is 0 Å². The van der Waals surface area contributed by atoms with E-state index in [4.69, 9.17) is 43.6 Å². The zero-order valence-electron chi connectivity index (χ0n) is 37.8. The molecule has 0 aliphatic heterocycles. The number of carbonyl (C=O) groups is 5. The minimum atomic E-state index is -0.816. The second kappa shape index (κ2) is 31.8. The summed E-state index contributed by atoms with van der Waals surface area (Å²) in [5, 5.41) is 0. The molecule has 19 nitrogen and oxygen atoms in total. The topological polar surface area (TPSA) is 227 Å². The van der Waals surface area contributed by atoms with E-state index in [-0.39, 0.29) is 33.7 Å². The van der Waals surface area contributed by atoms with E-state index in [2.05, 4.69) is 9.69 Å². The Kier molecular flexibility index (Phi) is 33.8. The van der Waals surface area contributed by atoms with Gasteiger partial charge in [0, 0.05) is 60.8 Å². The molecule has 0 aliphatic carbocycles. The van der Waals surface area contributed by atoms with Gasteiger partial charge >= 0.3 is 68.2 Å². The van der Waals surface area contributed by atoms with E-state index in [9.17, 15) is 28.7 Å². The molecule has 2 N–H and O–H groups in total. The summed E-state index contributed by atoms with van der Waals surface area (Å²) < 4.78 is 49.9. The van der Waals surface area contributed by atoms with Crippen LogP contribution in [0.5, 0.6) is 0 Å². The Balaban J connectivity index is -0.000000232. The van der Waals surface area contributed by atoms with E-state index < -0.39 is 53.1 Å². The SMILES string of the molecule is CC(C)(C)OC(=O)N(CCC=O)C(=O)OC(C)(C)C.COC(CCN(C(=O)OC(C)(C)C)C(=O)OC(C)(C)C)OC.COC(CCN)OC.C[B]OOCB=O.[H+]. The van der Waals surface area contributed by atoms with Crippen molar-refractivity contribution in [3.8, 4) is 0 Å². The van der Waals surface area contributed by atoms with Crippen molar-refractivity contribution < 1.29 is 77.7 Å². The average molecular weight is 812 g/mol. The molecule has 0 rings (SSSR count). The van der Waals surface area contributed by atoms with Gasteiger partial charge in [0.2, 0.25) is 0 Å². The van der Waals surface area contributed by atoms with Gasteiger partial charge in [-0.25, -0.2) is 29.0 Å². The number of aldehydes is 1. The van der Waals surface area contributed by atoms with Gasteiger partial charge in [-0.3, -0.25) is 0 Å². The maximum absolute atomic E-state index is 12.2. The largest absolute Gasteiger partial charge is 1.00 e. The summed E-state index contributed by atoms with van der Waals surface area (Å²) in [5.74, 6) is 0. The van der Waals surface area contributed by atoms with Crippen LogP contribution >= 0.6 is 0 Å². The number of nitrogens with two attached hydrogens (primary N) is 1. The summed E-state index contributed by atoms with van der Waals surface area (Å²) in [4.78, 5) is 68.7. The molecule has 21 heteroatoms. The second-order valence-corrected chi connectivity index (χ2v) is 15.1. The molecular formula is C35H71B2N3O16+. The van der Waals surface area contributed by atoms with Crippen LogP contribution in [0, 0.1) is 0 Å². The molecule has 0 spiro atoms. The summed E-state index contributed by atoms with van der Waals surface area (Å²) >= 11 is 0. The number of methoxy groups -OCH3 is 4. The van der Waals surface area contributed by atoms with Gasteiger partial charge in [0.25, 0.3) is 0 Å². The Morgan fingerprint density at radius 1 is 0.625 bits per heavy atom. The van der Waals surface area contributed by atoms with Crippen LogP contribution < -0.4 is 5.73 Å². The summed E-state index contributed by atoms with van der Waals surface area (Å²) in [6.07, 6.45) is -2.06. The number of carbonyl (C=O) groups excluding carboxylic acids is 5. The molecule has 0 aromatic heterocycles. The number of ether oxygens (including phenoxy) is 8. The first kappa shape index (κ1) is 59.5. The van der Waals surface area contributed by atoms with Gasteiger partial charge in [0.15, 0.2) is 12.6 Å². The van der Waals surface area contributed by atoms with Crippen LogP contribution in [0.25, 0.3) is 0 Å². The molecule has 0 bridgehead atoms. The first-order valence-electron chi connectivity index (χ1n) is 17.8. The number of hydrogen-bond donors (Lipinski definition) is 1. The predicted octanol–water partition coefficient (Wildman–Crippen LogP) is 5.59. The number of imide groups is 2. The van der Waals surface area contributed by atoms with Crippen molar-refractivity contribution in [1.82, 2.24) is 9.80 Å². The quantitative estimate of drug-likeness (QED) is 0.0381. The molecule has 0 aromatic carbocycles. The van der Waals surface area contributed by atoms with Crippen LogP contribution in [0.1, 0.15) is 104 Å². The van der Waals surface area contributed by atoms with Gasteiger partial charge in [-0.15, -0.1) is 0 Å². The molecule has 0 saturated carbocycles. The Bertz CT molecular complexity index is 1030. The Morgan fingerprint density at radius 2 is 0.946 bits per heavy atom. The monoisotopic (exact) mass is 812 g/mol. The Morgan fingerprint density at radius 3 is 1.18 bits per heavy atom. The van der Waals surface area contributed by atoms with E-state index in [0.29, 0.717) is 26.4 Å². The number of rotatable bonds is 16. The van der Waals surface area contributed by atoms with Gasteiger partial charge < -0.3 is 48.4 Å². The fourth-order valence-corrected chi connectivity index (χ4v) is 3.13. The van der Waals surface area contributed by atoms with Crippen LogP contribution in [0.3, 0.4) is 0 Å². The molecule has 0 atom stereocenters. The van der Waals surface area contributed by atoms with E-state index in [0.717, 1.165) is 16.2 Å². The van der Waals surface area contributed by atoms with Crippen molar-refractivity contribution in [2.24, 2.45) is 5.73 Å². The first-order chi connectivity index (χ1) is 25.6. The van der Waals surface area contributed by atoms with Crippen molar-refractivity contribution in [3.63, 3.8) is 0 Å². The molecule has 0 unspecified atom stereocenters. The fraction of sp³-hybridized carbons (Fsp3) is 0.857. The third-order valence-corrected chi connectivity index (χ3v) is 5.27. The summed E-state index contributed by atoms with van der Waals surface area (Å²) in [6, 6.07) is 0. The average Bonchev–Trinajstić information content (AvgIpc) is 3.03. The van der Waals surface area contributed by atoms with Crippen LogP contribution in [0.2, 0.25) is 6.82 Å². The fourth-order valence-electron chi connectivity index (χ4n) is 3.13. The third-order valence-electron chi connectivity index (χ3n) is 5.27. The van der Waals surface area contributed by atoms with Crippen LogP contribution in [0.15, 0.2) is 0 Å². The molecule has 56 heavy (non-hydrogen) atoms. The van der Waals surface area contributed by atoms with Gasteiger partial charge in [0.1, 0.15) is 28.7 Å². The molecule has 0 fully saturated rings. The van der Waals surface area contributed by atoms with E-state index in [1.54, 1.807) is 104 Å².